The molecule has 2 aromatic carbocycles. The number of carbonyl (C=O) groups is 2. The van der Waals surface area contributed by atoms with Gasteiger partial charge in [0.05, 0.1) is 32.3 Å². The first-order chi connectivity index (χ1) is 15.6. The summed E-state index contributed by atoms with van der Waals surface area (Å²) in [4.78, 5) is 29.6. The highest BCUT2D eigenvalue weighted by Gasteiger charge is 2.27. The molecule has 0 atom stereocenters. The minimum atomic E-state index is -0.0440. The molecule has 0 spiro atoms. The van der Waals surface area contributed by atoms with E-state index in [1.165, 1.54) is 11.1 Å². The second kappa shape index (κ2) is 8.49. The summed E-state index contributed by atoms with van der Waals surface area (Å²) >= 11 is 0. The SMILES string of the molecule is COc1ccc(CC(=O)N2CCn3nc(C(=O)N4CCc5ccccc5C4)cc3C2)cc1. The Balaban J connectivity index is 1.25. The van der Waals surface area contributed by atoms with Gasteiger partial charge in [-0.15, -0.1) is 0 Å². The normalized spacial score (nSPS) is 15.2. The van der Waals surface area contributed by atoms with Crippen LogP contribution < -0.4 is 4.74 Å². The van der Waals surface area contributed by atoms with Gasteiger partial charge in [0.2, 0.25) is 5.91 Å². The van der Waals surface area contributed by atoms with Gasteiger partial charge in [-0.05, 0) is 41.3 Å². The first-order valence-corrected chi connectivity index (χ1v) is 10.9. The lowest BCUT2D eigenvalue weighted by atomic mass is 10.00. The average molecular weight is 431 g/mol. The predicted molar refractivity (Wildman–Crippen MR) is 119 cm³/mol. The maximum atomic E-state index is 13.1. The van der Waals surface area contributed by atoms with Crippen LogP contribution in [-0.2, 0) is 37.3 Å². The van der Waals surface area contributed by atoms with Crippen molar-refractivity contribution in [3.8, 4) is 5.75 Å². The molecular formula is C25H26N4O3. The molecule has 164 valence electrons. The lowest BCUT2D eigenvalue weighted by molar-refractivity contribution is -0.132. The van der Waals surface area contributed by atoms with Gasteiger partial charge in [-0.25, -0.2) is 0 Å². The fraction of sp³-hybridized carbons (Fsp3) is 0.320. The van der Waals surface area contributed by atoms with Crippen LogP contribution in [0.2, 0.25) is 0 Å². The number of methoxy groups -OCH3 is 1. The Labute approximate surface area is 187 Å². The van der Waals surface area contributed by atoms with Gasteiger partial charge in [-0.1, -0.05) is 36.4 Å². The molecule has 0 saturated carbocycles. The summed E-state index contributed by atoms with van der Waals surface area (Å²) < 4.78 is 7.04. The third kappa shape index (κ3) is 3.98. The second-order valence-corrected chi connectivity index (χ2v) is 8.33. The standard InChI is InChI=1S/C25H26N4O3/c1-32-22-8-6-18(7-9-22)14-24(30)27-12-13-29-21(17-27)15-23(26-29)25(31)28-11-10-19-4-2-3-5-20(19)16-28/h2-9,15H,10-14,16-17H2,1H3. The van der Waals surface area contributed by atoms with Gasteiger partial charge in [0.25, 0.3) is 5.91 Å². The van der Waals surface area contributed by atoms with Gasteiger partial charge in [0.1, 0.15) is 5.75 Å². The molecule has 2 amide bonds. The minimum absolute atomic E-state index is 0.0440. The van der Waals surface area contributed by atoms with Crippen molar-refractivity contribution in [2.75, 3.05) is 20.2 Å². The Bertz CT molecular complexity index is 1150. The molecule has 0 saturated heterocycles. The fourth-order valence-electron chi connectivity index (χ4n) is 4.44. The van der Waals surface area contributed by atoms with Crippen LogP contribution in [0.4, 0.5) is 0 Å². The third-order valence-corrected chi connectivity index (χ3v) is 6.30. The van der Waals surface area contributed by atoms with Crippen LogP contribution in [0.3, 0.4) is 0 Å². The molecule has 0 unspecified atom stereocenters. The van der Waals surface area contributed by atoms with Gasteiger partial charge in [0, 0.05) is 19.6 Å². The molecule has 7 nitrogen and oxygen atoms in total. The molecule has 0 radical (unpaired) electrons. The van der Waals surface area contributed by atoms with Crippen molar-refractivity contribution in [3.05, 3.63) is 82.7 Å². The van der Waals surface area contributed by atoms with E-state index in [2.05, 4.69) is 17.2 Å². The lowest BCUT2D eigenvalue weighted by Crippen LogP contribution is -2.39. The van der Waals surface area contributed by atoms with Crippen LogP contribution in [0.15, 0.2) is 54.6 Å². The molecule has 3 aromatic rings. The largest absolute Gasteiger partial charge is 0.497 e. The highest BCUT2D eigenvalue weighted by atomic mass is 16.5. The van der Waals surface area contributed by atoms with E-state index in [0.29, 0.717) is 44.8 Å². The Morgan fingerprint density at radius 2 is 1.72 bits per heavy atom. The van der Waals surface area contributed by atoms with Gasteiger partial charge >= 0.3 is 0 Å². The minimum Gasteiger partial charge on any atom is -0.497 e. The highest BCUT2D eigenvalue weighted by Crippen LogP contribution is 2.22. The van der Waals surface area contributed by atoms with E-state index in [9.17, 15) is 9.59 Å². The molecule has 0 bridgehead atoms. The molecule has 5 rings (SSSR count). The number of hydrogen-bond acceptors (Lipinski definition) is 4. The molecule has 0 aliphatic carbocycles. The third-order valence-electron chi connectivity index (χ3n) is 6.30. The molecule has 32 heavy (non-hydrogen) atoms. The summed E-state index contributed by atoms with van der Waals surface area (Å²) in [7, 11) is 1.63. The maximum Gasteiger partial charge on any atom is 0.274 e. The topological polar surface area (TPSA) is 67.7 Å². The van der Waals surface area contributed by atoms with Crippen LogP contribution >= 0.6 is 0 Å². The van der Waals surface area contributed by atoms with Crippen LogP contribution in [0, 0.1) is 0 Å². The number of amides is 2. The number of ether oxygens (including phenoxy) is 1. The van der Waals surface area contributed by atoms with E-state index < -0.39 is 0 Å². The van der Waals surface area contributed by atoms with Crippen molar-refractivity contribution in [1.29, 1.82) is 0 Å². The number of carbonyl (C=O) groups excluding carboxylic acids is 2. The van der Waals surface area contributed by atoms with E-state index in [4.69, 9.17) is 4.74 Å². The smallest absolute Gasteiger partial charge is 0.274 e. The average Bonchev–Trinajstić information content (AvgIpc) is 3.27. The number of benzene rings is 2. The molecule has 2 aliphatic rings. The zero-order valence-electron chi connectivity index (χ0n) is 18.2. The lowest BCUT2D eigenvalue weighted by Gasteiger charge is -2.28. The van der Waals surface area contributed by atoms with E-state index in [0.717, 1.165) is 23.4 Å². The summed E-state index contributed by atoms with van der Waals surface area (Å²) in [6.07, 6.45) is 1.21. The van der Waals surface area contributed by atoms with Crippen LogP contribution in [0.25, 0.3) is 0 Å². The fourth-order valence-corrected chi connectivity index (χ4v) is 4.44. The zero-order chi connectivity index (χ0) is 22.1. The number of fused-ring (bicyclic) bond motifs is 2. The number of rotatable bonds is 4. The summed E-state index contributed by atoms with van der Waals surface area (Å²) in [6.45, 7) is 2.97. The molecule has 2 aliphatic heterocycles. The van der Waals surface area contributed by atoms with Crippen LogP contribution in [0.5, 0.6) is 5.75 Å². The van der Waals surface area contributed by atoms with Gasteiger partial charge in [0.15, 0.2) is 5.69 Å². The molecular weight excluding hydrogens is 404 g/mol. The Morgan fingerprint density at radius 3 is 2.50 bits per heavy atom. The van der Waals surface area contributed by atoms with E-state index >= 15 is 0 Å². The monoisotopic (exact) mass is 430 g/mol. The van der Waals surface area contributed by atoms with Crippen molar-refractivity contribution >= 4 is 11.8 Å². The van der Waals surface area contributed by atoms with Crippen molar-refractivity contribution in [3.63, 3.8) is 0 Å². The molecule has 1 aromatic heterocycles. The first kappa shape index (κ1) is 20.3. The number of hydrogen-bond donors (Lipinski definition) is 0. The van der Waals surface area contributed by atoms with Crippen molar-refractivity contribution < 1.29 is 14.3 Å². The van der Waals surface area contributed by atoms with Gasteiger partial charge in [-0.2, -0.15) is 5.10 Å². The van der Waals surface area contributed by atoms with Crippen molar-refractivity contribution in [2.24, 2.45) is 0 Å². The predicted octanol–water partition coefficient (Wildman–Crippen LogP) is 2.68. The van der Waals surface area contributed by atoms with Gasteiger partial charge < -0.3 is 14.5 Å². The quantitative estimate of drug-likeness (QED) is 0.638. The first-order valence-electron chi connectivity index (χ1n) is 10.9. The second-order valence-electron chi connectivity index (χ2n) is 8.33. The molecule has 0 N–H and O–H groups in total. The van der Waals surface area contributed by atoms with Crippen molar-refractivity contribution in [1.82, 2.24) is 19.6 Å². The van der Waals surface area contributed by atoms with E-state index in [-0.39, 0.29) is 11.8 Å². The molecule has 0 fully saturated rings. The molecule has 3 heterocycles. The van der Waals surface area contributed by atoms with Gasteiger partial charge in [-0.3, -0.25) is 14.3 Å². The Morgan fingerprint density at radius 1 is 0.938 bits per heavy atom. The van der Waals surface area contributed by atoms with Crippen LogP contribution in [-0.4, -0.2) is 51.6 Å². The molecule has 7 heteroatoms. The number of aromatic nitrogens is 2. The highest BCUT2D eigenvalue weighted by molar-refractivity contribution is 5.92. The maximum absolute atomic E-state index is 13.1. The summed E-state index contributed by atoms with van der Waals surface area (Å²) in [5, 5.41) is 4.55. The Kier molecular flexibility index (Phi) is 5.39. The van der Waals surface area contributed by atoms with Crippen molar-refractivity contribution in [2.45, 2.75) is 32.5 Å². The van der Waals surface area contributed by atoms with Crippen LogP contribution in [0.1, 0.15) is 32.9 Å². The summed E-state index contributed by atoms with van der Waals surface area (Å²) in [5.41, 5.74) is 4.83. The van der Waals surface area contributed by atoms with E-state index in [1.807, 2.05) is 56.9 Å². The summed E-state index contributed by atoms with van der Waals surface area (Å²) in [5.74, 6) is 0.804. The number of nitrogens with zero attached hydrogens (tertiary/aromatic N) is 4. The Hall–Kier alpha value is -3.61. The van der Waals surface area contributed by atoms with E-state index in [1.54, 1.807) is 7.11 Å². The summed E-state index contributed by atoms with van der Waals surface area (Å²) in [6, 6.07) is 17.7. The zero-order valence-corrected chi connectivity index (χ0v) is 18.2.